The molecule has 0 fully saturated rings. The van der Waals surface area contributed by atoms with E-state index < -0.39 is 0 Å². The molecular formula is C12H26S. The average molecular weight is 202 g/mol. The first-order chi connectivity index (χ1) is 6.17. The maximum absolute atomic E-state index is 4.69. The van der Waals surface area contributed by atoms with Crippen LogP contribution < -0.4 is 0 Å². The van der Waals surface area contributed by atoms with Crippen LogP contribution in [0.15, 0.2) is 0 Å². The summed E-state index contributed by atoms with van der Waals surface area (Å²) in [6.45, 7) is 9.20. The second kappa shape index (κ2) is 7.73. The molecule has 1 heteroatoms. The lowest BCUT2D eigenvalue weighted by Crippen LogP contribution is -2.21. The van der Waals surface area contributed by atoms with Crippen LogP contribution in [0, 0.1) is 11.8 Å². The smallest absolute Gasteiger partial charge is 0.00450 e. The predicted octanol–water partition coefficient (Wildman–Crippen LogP) is 4.55. The predicted molar refractivity (Wildman–Crippen MR) is 65.5 cm³/mol. The molecule has 0 aliphatic heterocycles. The largest absolute Gasteiger partial charge is 0.176 e. The summed E-state index contributed by atoms with van der Waals surface area (Å²) in [7, 11) is 0. The van der Waals surface area contributed by atoms with Gasteiger partial charge in [0.25, 0.3) is 0 Å². The molecular weight excluding hydrogens is 176 g/mol. The highest BCUT2D eigenvalue weighted by atomic mass is 32.1. The molecule has 80 valence electrons. The molecule has 0 radical (unpaired) electrons. The van der Waals surface area contributed by atoms with Crippen LogP contribution in [0.25, 0.3) is 0 Å². The van der Waals surface area contributed by atoms with Crippen molar-refractivity contribution in [3.63, 3.8) is 0 Å². The summed E-state index contributed by atoms with van der Waals surface area (Å²) >= 11 is 4.69. The van der Waals surface area contributed by atoms with Gasteiger partial charge in [-0.1, -0.05) is 47.0 Å². The first-order valence-corrected chi connectivity index (χ1v) is 6.36. The minimum atomic E-state index is 0.612. The molecule has 0 saturated heterocycles. The van der Waals surface area contributed by atoms with Crippen LogP contribution in [0.1, 0.15) is 59.8 Å². The van der Waals surface area contributed by atoms with Crippen molar-refractivity contribution < 1.29 is 0 Å². The fourth-order valence-electron chi connectivity index (χ4n) is 2.16. The topological polar surface area (TPSA) is 0 Å². The molecule has 0 N–H and O–H groups in total. The van der Waals surface area contributed by atoms with Gasteiger partial charge in [-0.15, -0.1) is 0 Å². The molecule has 0 nitrogen and oxygen atoms in total. The second-order valence-electron chi connectivity index (χ2n) is 4.19. The molecule has 0 amide bonds. The minimum Gasteiger partial charge on any atom is -0.176 e. The second-order valence-corrected chi connectivity index (χ2v) is 4.86. The lowest BCUT2D eigenvalue weighted by molar-refractivity contribution is 0.302. The van der Waals surface area contributed by atoms with Crippen molar-refractivity contribution in [3.05, 3.63) is 0 Å². The number of hydrogen-bond acceptors (Lipinski definition) is 1. The van der Waals surface area contributed by atoms with E-state index in [0.29, 0.717) is 5.25 Å². The molecule has 0 heterocycles. The Morgan fingerprint density at radius 3 is 1.92 bits per heavy atom. The summed E-state index contributed by atoms with van der Waals surface area (Å²) in [5.74, 6) is 1.69. The van der Waals surface area contributed by atoms with E-state index in [2.05, 4.69) is 27.7 Å². The summed E-state index contributed by atoms with van der Waals surface area (Å²) in [6, 6.07) is 0. The van der Waals surface area contributed by atoms with Gasteiger partial charge in [0.05, 0.1) is 0 Å². The molecule has 0 aromatic heterocycles. The van der Waals surface area contributed by atoms with Gasteiger partial charge >= 0.3 is 0 Å². The summed E-state index contributed by atoms with van der Waals surface area (Å²) in [4.78, 5) is 0. The molecule has 13 heavy (non-hydrogen) atoms. The van der Waals surface area contributed by atoms with Crippen LogP contribution in [0.2, 0.25) is 0 Å². The van der Waals surface area contributed by atoms with Gasteiger partial charge in [0, 0.05) is 5.25 Å². The molecule has 0 rings (SSSR count). The van der Waals surface area contributed by atoms with E-state index in [9.17, 15) is 0 Å². The fourth-order valence-corrected chi connectivity index (χ4v) is 2.60. The van der Waals surface area contributed by atoms with Crippen LogP contribution >= 0.6 is 12.6 Å². The zero-order chi connectivity index (χ0) is 10.3. The molecule has 0 aromatic rings. The number of hydrogen-bond donors (Lipinski definition) is 1. The van der Waals surface area contributed by atoms with Crippen molar-refractivity contribution in [2.75, 3.05) is 0 Å². The maximum atomic E-state index is 4.69. The molecule has 0 aromatic carbocycles. The highest BCUT2D eigenvalue weighted by Gasteiger charge is 2.21. The van der Waals surface area contributed by atoms with Crippen molar-refractivity contribution in [2.24, 2.45) is 11.8 Å². The highest BCUT2D eigenvalue weighted by Crippen LogP contribution is 2.29. The Kier molecular flexibility index (Phi) is 7.93. The Morgan fingerprint density at radius 1 is 1.00 bits per heavy atom. The molecule has 0 saturated carbocycles. The van der Waals surface area contributed by atoms with E-state index in [4.69, 9.17) is 12.6 Å². The third-order valence-electron chi connectivity index (χ3n) is 3.01. The van der Waals surface area contributed by atoms with Gasteiger partial charge in [-0.3, -0.25) is 0 Å². The summed E-state index contributed by atoms with van der Waals surface area (Å²) in [6.07, 6.45) is 6.54. The van der Waals surface area contributed by atoms with Crippen molar-refractivity contribution in [1.29, 1.82) is 0 Å². The van der Waals surface area contributed by atoms with Crippen LogP contribution in [0.4, 0.5) is 0 Å². The van der Waals surface area contributed by atoms with Crippen molar-refractivity contribution in [2.45, 2.75) is 65.0 Å². The number of rotatable bonds is 7. The third-order valence-corrected chi connectivity index (χ3v) is 3.76. The lowest BCUT2D eigenvalue weighted by atomic mass is 9.83. The van der Waals surface area contributed by atoms with Crippen molar-refractivity contribution in [1.82, 2.24) is 0 Å². The van der Waals surface area contributed by atoms with E-state index in [0.717, 1.165) is 11.8 Å². The zero-order valence-electron chi connectivity index (χ0n) is 9.71. The monoisotopic (exact) mass is 202 g/mol. The van der Waals surface area contributed by atoms with Crippen molar-refractivity contribution >= 4 is 12.6 Å². The fraction of sp³-hybridized carbons (Fsp3) is 1.00. The first-order valence-electron chi connectivity index (χ1n) is 5.85. The van der Waals surface area contributed by atoms with Crippen molar-refractivity contribution in [3.8, 4) is 0 Å². The molecule has 0 aliphatic rings. The van der Waals surface area contributed by atoms with Gasteiger partial charge in [-0.25, -0.2) is 0 Å². The lowest BCUT2D eigenvalue weighted by Gasteiger charge is -2.28. The standard InChI is InChI=1S/C12H26S/c1-5-8-10(4)11(9-6-2)12(13)7-3/h10-13H,5-9H2,1-4H3. The minimum absolute atomic E-state index is 0.612. The molecule has 0 bridgehead atoms. The van der Waals surface area contributed by atoms with E-state index in [1.807, 2.05) is 0 Å². The number of thiol groups is 1. The quantitative estimate of drug-likeness (QED) is 0.575. The average Bonchev–Trinajstić information content (AvgIpc) is 2.13. The normalized spacial score (nSPS) is 18.2. The zero-order valence-corrected chi connectivity index (χ0v) is 10.6. The van der Waals surface area contributed by atoms with Gasteiger partial charge in [-0.2, -0.15) is 12.6 Å². The third kappa shape index (κ3) is 4.95. The van der Waals surface area contributed by atoms with Gasteiger partial charge in [0.2, 0.25) is 0 Å². The maximum Gasteiger partial charge on any atom is 0.00450 e. The van der Waals surface area contributed by atoms with E-state index >= 15 is 0 Å². The van der Waals surface area contributed by atoms with E-state index in [1.165, 1.54) is 32.1 Å². The highest BCUT2D eigenvalue weighted by molar-refractivity contribution is 7.81. The van der Waals surface area contributed by atoms with Gasteiger partial charge in [-0.05, 0) is 24.7 Å². The Labute approximate surface area is 89.9 Å². The Bertz CT molecular complexity index is 112. The van der Waals surface area contributed by atoms with Crippen LogP contribution in [0.5, 0.6) is 0 Å². The van der Waals surface area contributed by atoms with E-state index in [1.54, 1.807) is 0 Å². The Morgan fingerprint density at radius 2 is 1.54 bits per heavy atom. The van der Waals surface area contributed by atoms with Crippen LogP contribution in [0.3, 0.4) is 0 Å². The van der Waals surface area contributed by atoms with Gasteiger partial charge < -0.3 is 0 Å². The molecule has 3 atom stereocenters. The summed E-state index contributed by atoms with van der Waals surface area (Å²) in [5.41, 5.74) is 0. The van der Waals surface area contributed by atoms with Crippen LogP contribution in [-0.2, 0) is 0 Å². The van der Waals surface area contributed by atoms with Crippen LogP contribution in [-0.4, -0.2) is 5.25 Å². The first kappa shape index (κ1) is 13.4. The molecule has 0 aliphatic carbocycles. The SMILES string of the molecule is CCCC(C)C(CCC)C(S)CC. The van der Waals surface area contributed by atoms with Gasteiger partial charge in [0.15, 0.2) is 0 Å². The summed E-state index contributed by atoms with van der Waals surface area (Å²) < 4.78 is 0. The molecule has 3 unspecified atom stereocenters. The Hall–Kier alpha value is 0.350. The summed E-state index contributed by atoms with van der Waals surface area (Å²) in [5, 5.41) is 0.612. The molecule has 0 spiro atoms. The van der Waals surface area contributed by atoms with Gasteiger partial charge in [0.1, 0.15) is 0 Å². The Balaban J connectivity index is 4.05. The van der Waals surface area contributed by atoms with E-state index in [-0.39, 0.29) is 0 Å².